The molecule has 0 spiro atoms. The van der Waals surface area contributed by atoms with Gasteiger partial charge in [0.05, 0.1) is 12.5 Å². The second-order valence-corrected chi connectivity index (χ2v) is 4.85. The lowest BCUT2D eigenvalue weighted by Crippen LogP contribution is -2.30. The van der Waals surface area contributed by atoms with Crippen molar-refractivity contribution in [2.45, 2.75) is 25.8 Å². The van der Waals surface area contributed by atoms with E-state index in [9.17, 15) is 0 Å². The van der Waals surface area contributed by atoms with E-state index >= 15 is 0 Å². The normalized spacial score (nSPS) is 18.1. The molecule has 1 saturated heterocycles. The van der Waals surface area contributed by atoms with Crippen molar-refractivity contribution >= 4 is 0 Å². The lowest BCUT2D eigenvalue weighted by Gasteiger charge is -2.25. The summed E-state index contributed by atoms with van der Waals surface area (Å²) in [6, 6.07) is 2.04. The van der Waals surface area contributed by atoms with Gasteiger partial charge in [0.2, 0.25) is 0 Å². The van der Waals surface area contributed by atoms with E-state index in [1.54, 1.807) is 6.26 Å². The molecule has 16 heavy (non-hydrogen) atoms. The Morgan fingerprint density at radius 2 is 2.25 bits per heavy atom. The highest BCUT2D eigenvalue weighted by Gasteiger charge is 2.13. The van der Waals surface area contributed by atoms with Crippen molar-refractivity contribution in [2.24, 2.45) is 5.92 Å². The van der Waals surface area contributed by atoms with Gasteiger partial charge in [-0.1, -0.05) is 0 Å². The Balaban J connectivity index is 1.65. The highest BCUT2D eigenvalue weighted by Crippen LogP contribution is 2.16. The number of rotatable bonds is 5. The van der Waals surface area contributed by atoms with Crippen LogP contribution in [0.4, 0.5) is 0 Å². The summed E-state index contributed by atoms with van der Waals surface area (Å²) in [5.74, 6) is 0.924. The molecular formula is C13H22N2O. The first-order valence-electron chi connectivity index (χ1n) is 6.25. The predicted molar refractivity (Wildman–Crippen MR) is 65.3 cm³/mol. The van der Waals surface area contributed by atoms with Gasteiger partial charge >= 0.3 is 0 Å². The molecule has 0 bridgehead atoms. The molecule has 2 heterocycles. The molecule has 1 aromatic heterocycles. The van der Waals surface area contributed by atoms with Crippen LogP contribution in [0.5, 0.6) is 0 Å². The average molecular weight is 222 g/mol. The van der Waals surface area contributed by atoms with Crippen LogP contribution in [0.15, 0.2) is 23.0 Å². The first-order valence-corrected chi connectivity index (χ1v) is 6.25. The fourth-order valence-corrected chi connectivity index (χ4v) is 2.35. The molecule has 2 rings (SSSR count). The fourth-order valence-electron chi connectivity index (χ4n) is 2.35. The molecule has 0 aromatic carbocycles. The van der Waals surface area contributed by atoms with E-state index in [1.165, 1.54) is 44.5 Å². The van der Waals surface area contributed by atoms with E-state index in [2.05, 4.69) is 17.3 Å². The first-order chi connectivity index (χ1) is 7.84. The minimum absolute atomic E-state index is 0.924. The number of nitrogens with one attached hydrogen (secondary N) is 1. The van der Waals surface area contributed by atoms with Crippen molar-refractivity contribution in [2.75, 3.05) is 26.7 Å². The fraction of sp³-hybridized carbons (Fsp3) is 0.692. The Hall–Kier alpha value is -0.800. The SMILES string of the molecule is CN(CCC1CCNCC1)Cc1ccoc1. The molecule has 1 aliphatic rings. The third-order valence-electron chi connectivity index (χ3n) is 3.41. The molecule has 1 N–H and O–H groups in total. The minimum atomic E-state index is 0.924. The van der Waals surface area contributed by atoms with Crippen molar-refractivity contribution in [3.63, 3.8) is 0 Å². The lowest BCUT2D eigenvalue weighted by molar-refractivity contribution is 0.265. The molecule has 1 aliphatic heterocycles. The molecular weight excluding hydrogens is 200 g/mol. The number of hydrogen-bond donors (Lipinski definition) is 1. The third-order valence-corrected chi connectivity index (χ3v) is 3.41. The summed E-state index contributed by atoms with van der Waals surface area (Å²) < 4.78 is 5.07. The van der Waals surface area contributed by atoms with Gasteiger partial charge in [-0.25, -0.2) is 0 Å². The summed E-state index contributed by atoms with van der Waals surface area (Å²) >= 11 is 0. The number of furan rings is 1. The number of nitrogens with zero attached hydrogens (tertiary/aromatic N) is 1. The first kappa shape index (κ1) is 11.7. The summed E-state index contributed by atoms with van der Waals surface area (Å²) in [4.78, 5) is 2.38. The standard InChI is InChI=1S/C13H22N2O/c1-15(10-13-5-9-16-11-13)8-4-12-2-6-14-7-3-12/h5,9,11-12,14H,2-4,6-8,10H2,1H3. The molecule has 0 radical (unpaired) electrons. The maximum atomic E-state index is 5.07. The Morgan fingerprint density at radius 1 is 1.44 bits per heavy atom. The topological polar surface area (TPSA) is 28.4 Å². The van der Waals surface area contributed by atoms with Crippen LogP contribution >= 0.6 is 0 Å². The third kappa shape index (κ3) is 3.65. The molecule has 0 saturated carbocycles. The smallest absolute Gasteiger partial charge is 0.0947 e. The van der Waals surface area contributed by atoms with E-state index < -0.39 is 0 Å². The van der Waals surface area contributed by atoms with Crippen LogP contribution in [0.1, 0.15) is 24.8 Å². The maximum Gasteiger partial charge on any atom is 0.0947 e. The lowest BCUT2D eigenvalue weighted by atomic mass is 9.94. The van der Waals surface area contributed by atoms with Crippen molar-refractivity contribution in [1.29, 1.82) is 0 Å². The van der Waals surface area contributed by atoms with Gasteiger partial charge in [0.25, 0.3) is 0 Å². The van der Waals surface area contributed by atoms with Gasteiger partial charge in [-0.15, -0.1) is 0 Å². The van der Waals surface area contributed by atoms with Gasteiger partial charge < -0.3 is 14.6 Å². The van der Waals surface area contributed by atoms with Gasteiger partial charge in [-0.2, -0.15) is 0 Å². The zero-order valence-corrected chi connectivity index (χ0v) is 10.1. The molecule has 3 nitrogen and oxygen atoms in total. The Labute approximate surface area is 97.8 Å². The van der Waals surface area contributed by atoms with Crippen LogP contribution < -0.4 is 5.32 Å². The molecule has 0 unspecified atom stereocenters. The van der Waals surface area contributed by atoms with Crippen LogP contribution in [-0.4, -0.2) is 31.6 Å². The predicted octanol–water partition coefficient (Wildman–Crippen LogP) is 2.10. The average Bonchev–Trinajstić information content (AvgIpc) is 2.81. The van der Waals surface area contributed by atoms with E-state index in [1.807, 2.05) is 12.3 Å². The number of hydrogen-bond acceptors (Lipinski definition) is 3. The van der Waals surface area contributed by atoms with E-state index in [-0.39, 0.29) is 0 Å². The Bertz CT molecular complexity index is 278. The zero-order chi connectivity index (χ0) is 11.2. The monoisotopic (exact) mass is 222 g/mol. The quantitative estimate of drug-likeness (QED) is 0.827. The van der Waals surface area contributed by atoms with Crippen molar-refractivity contribution < 1.29 is 4.42 Å². The molecule has 0 amide bonds. The van der Waals surface area contributed by atoms with Crippen molar-refractivity contribution in [1.82, 2.24) is 10.2 Å². The minimum Gasteiger partial charge on any atom is -0.472 e. The summed E-state index contributed by atoms with van der Waals surface area (Å²) in [5, 5.41) is 3.41. The molecule has 3 heteroatoms. The number of piperidine rings is 1. The summed E-state index contributed by atoms with van der Waals surface area (Å²) in [6.07, 6.45) is 7.60. The van der Waals surface area contributed by atoms with E-state index in [4.69, 9.17) is 4.42 Å². The second-order valence-electron chi connectivity index (χ2n) is 4.85. The van der Waals surface area contributed by atoms with Crippen LogP contribution in [0.25, 0.3) is 0 Å². The van der Waals surface area contributed by atoms with Crippen LogP contribution in [0.2, 0.25) is 0 Å². The molecule has 90 valence electrons. The van der Waals surface area contributed by atoms with Gasteiger partial charge in [-0.3, -0.25) is 0 Å². The maximum absolute atomic E-state index is 5.07. The van der Waals surface area contributed by atoms with E-state index in [0.717, 1.165) is 12.5 Å². The highest BCUT2D eigenvalue weighted by atomic mass is 16.3. The second kappa shape index (κ2) is 6.06. The molecule has 0 atom stereocenters. The summed E-state index contributed by atoms with van der Waals surface area (Å²) in [6.45, 7) is 4.60. The van der Waals surface area contributed by atoms with E-state index in [0.29, 0.717) is 0 Å². The van der Waals surface area contributed by atoms with Crippen LogP contribution in [0, 0.1) is 5.92 Å². The Kier molecular flexibility index (Phi) is 4.43. The molecule has 1 fully saturated rings. The van der Waals surface area contributed by atoms with Crippen molar-refractivity contribution in [3.8, 4) is 0 Å². The van der Waals surface area contributed by atoms with Gasteiger partial charge in [0.1, 0.15) is 0 Å². The van der Waals surface area contributed by atoms with Gasteiger partial charge in [-0.05, 0) is 57.9 Å². The summed E-state index contributed by atoms with van der Waals surface area (Å²) in [7, 11) is 2.19. The van der Waals surface area contributed by atoms with Crippen LogP contribution in [0.3, 0.4) is 0 Å². The zero-order valence-electron chi connectivity index (χ0n) is 10.1. The highest BCUT2D eigenvalue weighted by molar-refractivity contribution is 5.04. The largest absolute Gasteiger partial charge is 0.472 e. The Morgan fingerprint density at radius 3 is 2.94 bits per heavy atom. The van der Waals surface area contributed by atoms with Crippen LogP contribution in [-0.2, 0) is 6.54 Å². The van der Waals surface area contributed by atoms with Crippen molar-refractivity contribution in [3.05, 3.63) is 24.2 Å². The summed E-state index contributed by atoms with van der Waals surface area (Å²) in [5.41, 5.74) is 1.27. The van der Waals surface area contributed by atoms with Gasteiger partial charge in [0, 0.05) is 12.1 Å². The molecule has 0 aliphatic carbocycles. The molecule has 1 aromatic rings. The van der Waals surface area contributed by atoms with Gasteiger partial charge in [0.15, 0.2) is 0 Å².